The number of hydrogen-bond acceptors (Lipinski definition) is 6. The fourth-order valence-corrected chi connectivity index (χ4v) is 2.69. The summed E-state index contributed by atoms with van der Waals surface area (Å²) in [5.41, 5.74) is 1.59. The Labute approximate surface area is 167 Å². The number of anilines is 1. The SMILES string of the molecule is COc1nn(C)cc1C(=O)Nc1cc(C(C)(C)C)nn1-c1nc(C)c(C)c(=O)[nH]1. The number of aromatic amines is 1. The number of amides is 1. The molecule has 0 aromatic carbocycles. The molecule has 29 heavy (non-hydrogen) atoms. The van der Waals surface area contributed by atoms with E-state index in [0.717, 1.165) is 5.69 Å². The molecule has 0 fully saturated rings. The van der Waals surface area contributed by atoms with Gasteiger partial charge in [-0.1, -0.05) is 20.8 Å². The quantitative estimate of drug-likeness (QED) is 0.691. The molecule has 0 saturated heterocycles. The third-order valence-electron chi connectivity index (χ3n) is 4.54. The number of H-pyrrole nitrogens is 1. The van der Waals surface area contributed by atoms with Crippen molar-refractivity contribution in [1.29, 1.82) is 0 Å². The van der Waals surface area contributed by atoms with Crippen molar-refractivity contribution in [2.24, 2.45) is 7.05 Å². The van der Waals surface area contributed by atoms with Gasteiger partial charge in [0.1, 0.15) is 11.4 Å². The summed E-state index contributed by atoms with van der Waals surface area (Å²) in [6, 6.07) is 1.76. The maximum atomic E-state index is 12.9. The van der Waals surface area contributed by atoms with E-state index in [4.69, 9.17) is 4.74 Å². The van der Waals surface area contributed by atoms with Gasteiger partial charge in [-0.15, -0.1) is 5.10 Å². The number of carbonyl (C=O) groups excluding carboxylic acids is 1. The molecule has 0 aliphatic rings. The molecule has 0 aliphatic carbocycles. The zero-order valence-corrected chi connectivity index (χ0v) is 17.6. The lowest BCUT2D eigenvalue weighted by Gasteiger charge is -2.14. The lowest BCUT2D eigenvalue weighted by atomic mass is 9.92. The minimum absolute atomic E-state index is 0.213. The average molecular weight is 399 g/mol. The maximum absolute atomic E-state index is 12.9. The van der Waals surface area contributed by atoms with Crippen molar-refractivity contribution in [3.05, 3.63) is 45.1 Å². The molecule has 154 valence electrons. The van der Waals surface area contributed by atoms with Gasteiger partial charge in [0, 0.05) is 36.0 Å². The van der Waals surface area contributed by atoms with Crippen LogP contribution in [0.15, 0.2) is 17.1 Å². The Morgan fingerprint density at radius 2 is 1.93 bits per heavy atom. The molecule has 0 bridgehead atoms. The number of carbonyl (C=O) groups is 1. The van der Waals surface area contributed by atoms with Gasteiger partial charge < -0.3 is 10.1 Å². The average Bonchev–Trinajstić information content (AvgIpc) is 3.22. The smallest absolute Gasteiger partial charge is 0.263 e. The summed E-state index contributed by atoms with van der Waals surface area (Å²) in [4.78, 5) is 32.2. The molecule has 3 aromatic rings. The number of nitrogens with zero attached hydrogens (tertiary/aromatic N) is 5. The normalized spacial score (nSPS) is 11.6. The van der Waals surface area contributed by atoms with Crippen LogP contribution in [0.25, 0.3) is 5.95 Å². The van der Waals surface area contributed by atoms with Gasteiger partial charge in [0.05, 0.1) is 12.8 Å². The molecule has 10 heteroatoms. The summed E-state index contributed by atoms with van der Waals surface area (Å²) in [6.07, 6.45) is 1.57. The summed E-state index contributed by atoms with van der Waals surface area (Å²) < 4.78 is 8.09. The van der Waals surface area contributed by atoms with Crippen LogP contribution in [0.5, 0.6) is 5.88 Å². The predicted molar refractivity (Wildman–Crippen MR) is 108 cm³/mol. The van der Waals surface area contributed by atoms with E-state index in [1.54, 1.807) is 33.2 Å². The third-order valence-corrected chi connectivity index (χ3v) is 4.54. The van der Waals surface area contributed by atoms with Crippen LogP contribution in [0.1, 0.15) is 48.1 Å². The van der Waals surface area contributed by atoms with Crippen LogP contribution in [0.2, 0.25) is 0 Å². The Kier molecular flexibility index (Phi) is 5.04. The highest BCUT2D eigenvalue weighted by molar-refractivity contribution is 6.05. The lowest BCUT2D eigenvalue weighted by Crippen LogP contribution is -2.21. The molecule has 0 saturated carbocycles. The molecule has 3 rings (SSSR count). The van der Waals surface area contributed by atoms with Gasteiger partial charge in [0.2, 0.25) is 11.8 Å². The summed E-state index contributed by atoms with van der Waals surface area (Å²) >= 11 is 0. The van der Waals surface area contributed by atoms with Crippen LogP contribution in [0.4, 0.5) is 5.82 Å². The highest BCUT2D eigenvalue weighted by Gasteiger charge is 2.24. The van der Waals surface area contributed by atoms with E-state index in [-0.39, 0.29) is 28.4 Å². The minimum Gasteiger partial charge on any atom is -0.479 e. The predicted octanol–water partition coefficient (Wildman–Crippen LogP) is 1.86. The molecular weight excluding hydrogens is 374 g/mol. The first-order valence-corrected chi connectivity index (χ1v) is 9.08. The highest BCUT2D eigenvalue weighted by Crippen LogP contribution is 2.26. The molecule has 3 heterocycles. The summed E-state index contributed by atoms with van der Waals surface area (Å²) in [5, 5.41) is 11.5. The Morgan fingerprint density at radius 3 is 2.52 bits per heavy atom. The van der Waals surface area contributed by atoms with E-state index in [0.29, 0.717) is 17.1 Å². The van der Waals surface area contributed by atoms with E-state index < -0.39 is 5.91 Å². The van der Waals surface area contributed by atoms with Crippen molar-refractivity contribution in [3.8, 4) is 11.8 Å². The van der Waals surface area contributed by atoms with Crippen molar-refractivity contribution < 1.29 is 9.53 Å². The number of rotatable bonds is 4. The van der Waals surface area contributed by atoms with Gasteiger partial charge in [-0.3, -0.25) is 19.3 Å². The third kappa shape index (κ3) is 3.91. The summed E-state index contributed by atoms with van der Waals surface area (Å²) in [5.74, 6) is 0.395. The van der Waals surface area contributed by atoms with Crippen molar-refractivity contribution >= 4 is 11.7 Å². The van der Waals surface area contributed by atoms with Crippen LogP contribution in [-0.2, 0) is 12.5 Å². The van der Waals surface area contributed by atoms with Gasteiger partial charge in [0.25, 0.3) is 11.5 Å². The summed E-state index contributed by atoms with van der Waals surface area (Å²) in [6.45, 7) is 9.47. The topological polar surface area (TPSA) is 120 Å². The molecule has 3 aromatic heterocycles. The van der Waals surface area contributed by atoms with Crippen LogP contribution < -0.4 is 15.6 Å². The summed E-state index contributed by atoms with van der Waals surface area (Å²) in [7, 11) is 3.15. The first-order valence-electron chi connectivity index (χ1n) is 9.08. The van der Waals surface area contributed by atoms with E-state index in [9.17, 15) is 9.59 Å². The van der Waals surface area contributed by atoms with Crippen LogP contribution >= 0.6 is 0 Å². The Bertz CT molecular complexity index is 1130. The number of hydrogen-bond donors (Lipinski definition) is 2. The fourth-order valence-electron chi connectivity index (χ4n) is 2.69. The highest BCUT2D eigenvalue weighted by atomic mass is 16.5. The Morgan fingerprint density at radius 1 is 1.24 bits per heavy atom. The molecule has 2 N–H and O–H groups in total. The fraction of sp³-hybridized carbons (Fsp3) is 0.421. The molecule has 10 nitrogen and oxygen atoms in total. The van der Waals surface area contributed by atoms with Crippen molar-refractivity contribution in [3.63, 3.8) is 0 Å². The molecule has 0 aliphatic heterocycles. The number of aromatic nitrogens is 6. The second-order valence-electron chi connectivity index (χ2n) is 7.86. The number of methoxy groups -OCH3 is 1. The number of ether oxygens (including phenoxy) is 1. The van der Waals surface area contributed by atoms with Crippen LogP contribution in [0.3, 0.4) is 0 Å². The van der Waals surface area contributed by atoms with Gasteiger partial charge in [-0.2, -0.15) is 9.78 Å². The zero-order valence-electron chi connectivity index (χ0n) is 17.6. The zero-order chi connectivity index (χ0) is 21.5. The van der Waals surface area contributed by atoms with E-state index in [1.165, 1.54) is 16.5 Å². The second kappa shape index (κ2) is 7.19. The van der Waals surface area contributed by atoms with E-state index in [2.05, 4.69) is 25.5 Å². The molecule has 0 atom stereocenters. The second-order valence-corrected chi connectivity index (χ2v) is 7.86. The number of aryl methyl sites for hydroxylation is 2. The van der Waals surface area contributed by atoms with Gasteiger partial charge in [-0.25, -0.2) is 4.98 Å². The van der Waals surface area contributed by atoms with E-state index in [1.807, 2.05) is 20.8 Å². The van der Waals surface area contributed by atoms with Crippen molar-refractivity contribution in [1.82, 2.24) is 29.5 Å². The molecule has 0 spiro atoms. The first kappa shape index (κ1) is 20.3. The molecular formula is C19H25N7O3. The van der Waals surface area contributed by atoms with Crippen LogP contribution in [0, 0.1) is 13.8 Å². The Hall–Kier alpha value is -3.43. The molecule has 0 radical (unpaired) electrons. The van der Waals surface area contributed by atoms with E-state index >= 15 is 0 Å². The first-order chi connectivity index (χ1) is 13.5. The molecule has 1 amide bonds. The number of nitrogens with one attached hydrogen (secondary N) is 2. The van der Waals surface area contributed by atoms with Crippen molar-refractivity contribution in [2.45, 2.75) is 40.0 Å². The maximum Gasteiger partial charge on any atom is 0.263 e. The van der Waals surface area contributed by atoms with Gasteiger partial charge >= 0.3 is 0 Å². The Balaban J connectivity index is 2.09. The monoisotopic (exact) mass is 399 g/mol. The lowest BCUT2D eigenvalue weighted by molar-refractivity contribution is 0.102. The largest absolute Gasteiger partial charge is 0.479 e. The van der Waals surface area contributed by atoms with Crippen LogP contribution in [-0.4, -0.2) is 42.5 Å². The van der Waals surface area contributed by atoms with Gasteiger partial charge in [-0.05, 0) is 13.8 Å². The molecule has 0 unspecified atom stereocenters. The minimum atomic E-state index is -0.414. The van der Waals surface area contributed by atoms with Crippen molar-refractivity contribution in [2.75, 3.05) is 12.4 Å². The van der Waals surface area contributed by atoms with Gasteiger partial charge in [0.15, 0.2) is 0 Å². The standard InChI is InChI=1S/C19H25N7O3/c1-10-11(2)20-18(22-15(10)27)26-14(8-13(23-26)19(3,4)5)21-16(28)12-9-25(6)24-17(12)29-7/h8-9H,1-7H3,(H,21,28)(H,20,22,27).